The molecule has 0 fully saturated rings. The average molecular weight is 175 g/mol. The SMILES string of the molecule is C=CC(=O)NNC(=O)C(=C)Cl. The molecule has 60 valence electrons. The summed E-state index contributed by atoms with van der Waals surface area (Å²) in [5.41, 5.74) is 4.00. The Kier molecular flexibility index (Phi) is 3.98. The number of rotatable bonds is 2. The van der Waals surface area contributed by atoms with Crippen molar-refractivity contribution in [1.82, 2.24) is 10.9 Å². The molecule has 0 heterocycles. The fourth-order valence-corrected chi connectivity index (χ4v) is 0.284. The molecule has 0 aromatic heterocycles. The molecule has 2 N–H and O–H groups in total. The molecular formula is C6H7ClN2O2. The average Bonchev–Trinajstić information content (AvgIpc) is 1.99. The van der Waals surface area contributed by atoms with E-state index in [2.05, 4.69) is 13.2 Å². The first-order valence-electron chi connectivity index (χ1n) is 2.65. The van der Waals surface area contributed by atoms with E-state index in [1.807, 2.05) is 10.9 Å². The van der Waals surface area contributed by atoms with Crippen LogP contribution in [-0.2, 0) is 9.59 Å². The minimum Gasteiger partial charge on any atom is -0.268 e. The summed E-state index contributed by atoms with van der Waals surface area (Å²) in [6.45, 7) is 6.30. The van der Waals surface area contributed by atoms with E-state index < -0.39 is 11.8 Å². The molecule has 0 spiro atoms. The second kappa shape index (κ2) is 4.51. The summed E-state index contributed by atoms with van der Waals surface area (Å²) in [6.07, 6.45) is 1.01. The molecule has 0 aromatic rings. The molecule has 11 heavy (non-hydrogen) atoms. The van der Waals surface area contributed by atoms with Crippen molar-refractivity contribution in [3.8, 4) is 0 Å². The van der Waals surface area contributed by atoms with Crippen molar-refractivity contribution >= 4 is 23.4 Å². The molecule has 2 amide bonds. The summed E-state index contributed by atoms with van der Waals surface area (Å²) < 4.78 is 0. The van der Waals surface area contributed by atoms with E-state index in [1.165, 1.54) is 0 Å². The van der Waals surface area contributed by atoms with Crippen molar-refractivity contribution in [3.63, 3.8) is 0 Å². The van der Waals surface area contributed by atoms with Crippen LogP contribution in [0.4, 0.5) is 0 Å². The Hall–Kier alpha value is -1.29. The highest BCUT2D eigenvalue weighted by atomic mass is 35.5. The molecule has 0 radical (unpaired) electrons. The summed E-state index contributed by atoms with van der Waals surface area (Å²) in [5.74, 6) is -1.17. The minimum atomic E-state index is -0.651. The van der Waals surface area contributed by atoms with Crippen molar-refractivity contribution in [2.45, 2.75) is 0 Å². The second-order valence-electron chi connectivity index (χ2n) is 1.55. The van der Waals surface area contributed by atoms with Crippen molar-refractivity contribution in [2.24, 2.45) is 0 Å². The van der Waals surface area contributed by atoms with Gasteiger partial charge in [-0.25, -0.2) is 0 Å². The molecule has 0 aromatic carbocycles. The third-order valence-electron chi connectivity index (χ3n) is 0.731. The Balaban J connectivity index is 3.71. The summed E-state index contributed by atoms with van der Waals surface area (Å²) in [6, 6.07) is 0. The molecule has 0 aliphatic heterocycles. The number of carbonyl (C=O) groups is 2. The number of hydrazine groups is 1. The van der Waals surface area contributed by atoms with Gasteiger partial charge in [-0.1, -0.05) is 24.8 Å². The number of hydrogen-bond acceptors (Lipinski definition) is 2. The predicted molar refractivity (Wildman–Crippen MR) is 41.5 cm³/mol. The highest BCUT2D eigenvalue weighted by Gasteiger charge is 2.02. The first-order valence-corrected chi connectivity index (χ1v) is 3.03. The van der Waals surface area contributed by atoms with Crippen LogP contribution >= 0.6 is 11.6 Å². The fraction of sp³-hybridized carbons (Fsp3) is 0. The van der Waals surface area contributed by atoms with Gasteiger partial charge in [0.1, 0.15) is 0 Å². The normalized spacial score (nSPS) is 8.09. The van der Waals surface area contributed by atoms with Crippen molar-refractivity contribution in [3.05, 3.63) is 24.3 Å². The van der Waals surface area contributed by atoms with Gasteiger partial charge in [0, 0.05) is 0 Å². The molecule has 0 rings (SSSR count). The molecule has 4 nitrogen and oxygen atoms in total. The molecule has 0 aliphatic carbocycles. The van der Waals surface area contributed by atoms with Crippen LogP contribution in [0.2, 0.25) is 0 Å². The molecule has 0 aliphatic rings. The molecular weight excluding hydrogens is 168 g/mol. The third-order valence-corrected chi connectivity index (χ3v) is 0.903. The minimum absolute atomic E-state index is 0.200. The Morgan fingerprint density at radius 3 is 2.27 bits per heavy atom. The maximum Gasteiger partial charge on any atom is 0.280 e. The fourth-order valence-electron chi connectivity index (χ4n) is 0.237. The molecule has 0 saturated heterocycles. The number of nitrogens with one attached hydrogen (secondary N) is 2. The van der Waals surface area contributed by atoms with E-state index >= 15 is 0 Å². The zero-order valence-electron chi connectivity index (χ0n) is 5.69. The maximum absolute atomic E-state index is 10.6. The number of amides is 2. The molecule has 0 atom stereocenters. The first-order chi connectivity index (χ1) is 5.07. The van der Waals surface area contributed by atoms with Gasteiger partial charge in [-0.3, -0.25) is 20.4 Å². The standard InChI is InChI=1S/C6H7ClN2O2/c1-3-5(10)8-9-6(11)4(2)7/h3H,1-2H2,(H,8,10)(H,9,11). The summed E-state index contributed by atoms with van der Waals surface area (Å²) >= 11 is 5.17. The lowest BCUT2D eigenvalue weighted by atomic mass is 10.6. The highest BCUT2D eigenvalue weighted by molar-refractivity contribution is 6.41. The van der Waals surface area contributed by atoms with Crippen LogP contribution in [0.5, 0.6) is 0 Å². The van der Waals surface area contributed by atoms with Crippen LogP contribution < -0.4 is 10.9 Å². The highest BCUT2D eigenvalue weighted by Crippen LogP contribution is 1.93. The van der Waals surface area contributed by atoms with Crippen LogP contribution in [0.1, 0.15) is 0 Å². The van der Waals surface area contributed by atoms with Gasteiger partial charge in [0.15, 0.2) is 0 Å². The van der Waals surface area contributed by atoms with Crippen LogP contribution in [0.3, 0.4) is 0 Å². The summed E-state index contributed by atoms with van der Waals surface area (Å²) in [4.78, 5) is 21.0. The van der Waals surface area contributed by atoms with Crippen molar-refractivity contribution < 1.29 is 9.59 Å². The van der Waals surface area contributed by atoms with Crippen LogP contribution in [-0.4, -0.2) is 11.8 Å². The van der Waals surface area contributed by atoms with Crippen LogP contribution in [0.15, 0.2) is 24.3 Å². The number of halogens is 1. The maximum atomic E-state index is 10.6. The topological polar surface area (TPSA) is 58.2 Å². The Labute approximate surface area is 68.9 Å². The lowest BCUT2D eigenvalue weighted by Crippen LogP contribution is -2.40. The number of carbonyl (C=O) groups excluding carboxylic acids is 2. The van der Waals surface area contributed by atoms with Crippen molar-refractivity contribution in [2.75, 3.05) is 0 Å². The molecule has 0 saturated carbocycles. The van der Waals surface area contributed by atoms with Gasteiger partial charge >= 0.3 is 0 Å². The van der Waals surface area contributed by atoms with Gasteiger partial charge in [0.05, 0.1) is 5.03 Å². The molecule has 0 unspecified atom stereocenters. The molecule has 0 bridgehead atoms. The van der Waals surface area contributed by atoms with Crippen molar-refractivity contribution in [1.29, 1.82) is 0 Å². The van der Waals surface area contributed by atoms with Gasteiger partial charge in [-0.2, -0.15) is 0 Å². The third kappa shape index (κ3) is 4.16. The predicted octanol–water partition coefficient (Wildman–Crippen LogP) is 0.0723. The largest absolute Gasteiger partial charge is 0.280 e. The Morgan fingerprint density at radius 1 is 1.36 bits per heavy atom. The quantitative estimate of drug-likeness (QED) is 0.460. The second-order valence-corrected chi connectivity index (χ2v) is 2.01. The summed E-state index contributed by atoms with van der Waals surface area (Å²) in [7, 11) is 0. The van der Waals surface area contributed by atoms with E-state index in [0.29, 0.717) is 0 Å². The smallest absolute Gasteiger partial charge is 0.268 e. The van der Waals surface area contributed by atoms with E-state index in [9.17, 15) is 9.59 Å². The van der Waals surface area contributed by atoms with Crippen LogP contribution in [0.25, 0.3) is 0 Å². The Bertz CT molecular complexity index is 213. The van der Waals surface area contributed by atoms with Gasteiger partial charge in [0.2, 0.25) is 0 Å². The van der Waals surface area contributed by atoms with E-state index in [4.69, 9.17) is 11.6 Å². The summed E-state index contributed by atoms with van der Waals surface area (Å²) in [5, 5.41) is -0.200. The Morgan fingerprint density at radius 2 is 1.91 bits per heavy atom. The van der Waals surface area contributed by atoms with E-state index in [1.54, 1.807) is 0 Å². The first kappa shape index (κ1) is 9.71. The molecule has 5 heteroatoms. The van der Waals surface area contributed by atoms with Gasteiger partial charge in [0.25, 0.3) is 11.8 Å². The lowest BCUT2D eigenvalue weighted by molar-refractivity contribution is -0.124. The van der Waals surface area contributed by atoms with E-state index in [0.717, 1.165) is 6.08 Å². The van der Waals surface area contributed by atoms with Gasteiger partial charge in [-0.15, -0.1) is 0 Å². The van der Waals surface area contributed by atoms with Gasteiger partial charge < -0.3 is 0 Å². The lowest BCUT2D eigenvalue weighted by Gasteiger charge is -2.01. The zero-order chi connectivity index (χ0) is 8.85. The van der Waals surface area contributed by atoms with Crippen LogP contribution in [0, 0.1) is 0 Å². The number of hydrogen-bond donors (Lipinski definition) is 2. The van der Waals surface area contributed by atoms with E-state index in [-0.39, 0.29) is 5.03 Å². The van der Waals surface area contributed by atoms with Gasteiger partial charge in [-0.05, 0) is 6.08 Å². The zero-order valence-corrected chi connectivity index (χ0v) is 6.44. The monoisotopic (exact) mass is 174 g/mol.